The van der Waals surface area contributed by atoms with E-state index in [-0.39, 0.29) is 36.9 Å². The van der Waals surface area contributed by atoms with E-state index in [9.17, 15) is 19.7 Å². The van der Waals surface area contributed by atoms with Gasteiger partial charge in [0.15, 0.2) is 5.82 Å². The summed E-state index contributed by atoms with van der Waals surface area (Å²) in [6, 6.07) is 11.7. The summed E-state index contributed by atoms with van der Waals surface area (Å²) in [6.45, 7) is 1.58. The monoisotopic (exact) mass is 529 g/mol. The summed E-state index contributed by atoms with van der Waals surface area (Å²) in [7, 11) is -4.21. The van der Waals surface area contributed by atoms with Gasteiger partial charge in [0.05, 0.1) is 31.1 Å². The molecule has 0 spiro atoms. The number of anilines is 1. The van der Waals surface area contributed by atoms with Gasteiger partial charge in [0.25, 0.3) is 0 Å². The van der Waals surface area contributed by atoms with Gasteiger partial charge in [0.2, 0.25) is 5.60 Å². The number of carbonyl (C=O) groups excluding carboxylic acids is 1. The summed E-state index contributed by atoms with van der Waals surface area (Å²) >= 11 is 0. The fourth-order valence-corrected chi connectivity index (χ4v) is 5.71. The lowest BCUT2D eigenvalue weighted by Crippen LogP contribution is -2.43. The smallest absolute Gasteiger partial charge is 0.462 e. The Balaban J connectivity index is 1.35. The van der Waals surface area contributed by atoms with Crippen LogP contribution < -0.4 is 5.73 Å². The Hall–Kier alpha value is -3.37. The van der Waals surface area contributed by atoms with Crippen LogP contribution in [0, 0.1) is 11.3 Å². The minimum absolute atomic E-state index is 0.176. The van der Waals surface area contributed by atoms with E-state index >= 15 is 0 Å². The lowest BCUT2D eigenvalue weighted by Gasteiger charge is -2.30. The van der Waals surface area contributed by atoms with E-state index in [1.165, 1.54) is 16.9 Å². The van der Waals surface area contributed by atoms with Gasteiger partial charge in [-0.15, -0.1) is 0 Å². The van der Waals surface area contributed by atoms with Gasteiger partial charge >= 0.3 is 13.8 Å². The van der Waals surface area contributed by atoms with Gasteiger partial charge in [-0.1, -0.05) is 25.1 Å². The van der Waals surface area contributed by atoms with Crippen LogP contribution in [0.4, 0.5) is 5.82 Å². The molecular formula is C23H24N5O8P. The maximum Gasteiger partial charge on any atom is 0.475 e. The van der Waals surface area contributed by atoms with E-state index in [1.807, 2.05) is 13.0 Å². The van der Waals surface area contributed by atoms with Crippen LogP contribution in [0.5, 0.6) is 0 Å². The zero-order chi connectivity index (χ0) is 26.2. The number of fused-ring (bicyclic) bond motifs is 2. The second-order valence-electron chi connectivity index (χ2n) is 8.49. The summed E-state index contributed by atoms with van der Waals surface area (Å²) in [6.07, 6.45) is -1.84. The van der Waals surface area contributed by atoms with Crippen molar-refractivity contribution in [1.82, 2.24) is 14.6 Å². The van der Waals surface area contributed by atoms with Crippen molar-refractivity contribution in [2.24, 2.45) is 0 Å². The first-order valence-electron chi connectivity index (χ1n) is 11.5. The average molecular weight is 529 g/mol. The van der Waals surface area contributed by atoms with Gasteiger partial charge in [-0.05, 0) is 30.2 Å². The Labute approximate surface area is 211 Å². The van der Waals surface area contributed by atoms with E-state index < -0.39 is 37.7 Å². The molecule has 5 atom stereocenters. The van der Waals surface area contributed by atoms with Crippen molar-refractivity contribution in [2.45, 2.75) is 43.9 Å². The molecule has 1 unspecified atom stereocenters. The quantitative estimate of drug-likeness (QED) is 0.336. The second kappa shape index (κ2) is 9.83. The molecule has 0 saturated carbocycles. The molecule has 5 rings (SSSR count). The number of nitrogens with two attached hydrogens (primary N) is 1. The van der Waals surface area contributed by atoms with Crippen molar-refractivity contribution in [3.05, 3.63) is 59.5 Å². The molecule has 2 aromatic heterocycles. The standard InChI is InChI=1S/C23H24N5O8P/c1-2-9-32-22(30)15-6-4-3-5-14(15)10-33-37(31)34-11-17-19(36-37)20(29)23(12-24,35-17)18-8-7-16-21(25)26-13-27-28(16)18/h3-8,13,17,19-20,29H,2,9-11H2,1H3,(H2,25,26,27)/t17-,19-,20-,23+,37?/m1/s1. The van der Waals surface area contributed by atoms with Crippen LogP contribution in [-0.2, 0) is 39.8 Å². The Kier molecular flexibility index (Phi) is 6.72. The molecule has 2 aliphatic heterocycles. The van der Waals surface area contributed by atoms with Crippen molar-refractivity contribution in [1.29, 1.82) is 5.26 Å². The molecule has 4 heterocycles. The third kappa shape index (κ3) is 4.38. The number of hydrogen-bond donors (Lipinski definition) is 2. The predicted octanol–water partition coefficient (Wildman–Crippen LogP) is 2.10. The molecule has 3 N–H and O–H groups in total. The van der Waals surface area contributed by atoms with Gasteiger partial charge in [-0.25, -0.2) is 18.9 Å². The lowest BCUT2D eigenvalue weighted by molar-refractivity contribution is -0.0781. The molecule has 194 valence electrons. The molecule has 2 saturated heterocycles. The molecule has 2 aliphatic rings. The molecule has 2 fully saturated rings. The first-order chi connectivity index (χ1) is 17.8. The van der Waals surface area contributed by atoms with Crippen LogP contribution in [0.3, 0.4) is 0 Å². The first kappa shape index (κ1) is 25.3. The van der Waals surface area contributed by atoms with Crippen LogP contribution in [0.25, 0.3) is 5.52 Å². The second-order valence-corrected chi connectivity index (χ2v) is 10.1. The normalized spacial score (nSPS) is 29.1. The third-order valence-electron chi connectivity index (χ3n) is 6.16. The van der Waals surface area contributed by atoms with Crippen LogP contribution in [-0.4, -0.2) is 57.2 Å². The number of hydrogen-bond acceptors (Lipinski definition) is 12. The fourth-order valence-electron chi connectivity index (χ4n) is 4.34. The van der Waals surface area contributed by atoms with Gasteiger partial charge in [-0.2, -0.15) is 10.4 Å². The molecule has 3 aromatic rings. The number of carbonyl (C=O) groups is 1. The number of nitrogen functional groups attached to an aromatic ring is 1. The van der Waals surface area contributed by atoms with E-state index in [4.69, 9.17) is 28.8 Å². The van der Waals surface area contributed by atoms with Gasteiger partial charge in [0.1, 0.15) is 36.2 Å². The number of nitrogens with zero attached hydrogens (tertiary/aromatic N) is 4. The number of benzene rings is 1. The molecule has 0 bridgehead atoms. The summed E-state index contributed by atoms with van der Waals surface area (Å²) in [5.74, 6) is -0.359. The number of ether oxygens (including phenoxy) is 2. The lowest BCUT2D eigenvalue weighted by atomic mass is 9.92. The highest BCUT2D eigenvalue weighted by Crippen LogP contribution is 2.58. The molecule has 0 radical (unpaired) electrons. The number of phosphoric ester groups is 1. The Morgan fingerprint density at radius 2 is 2.19 bits per heavy atom. The van der Waals surface area contributed by atoms with E-state index in [0.29, 0.717) is 17.5 Å². The number of esters is 1. The maximum absolute atomic E-state index is 13.3. The summed E-state index contributed by atoms with van der Waals surface area (Å²) < 4.78 is 42.2. The van der Waals surface area contributed by atoms with Crippen molar-refractivity contribution < 1.29 is 37.5 Å². The largest absolute Gasteiger partial charge is 0.475 e. The Bertz CT molecular complexity index is 1420. The highest BCUT2D eigenvalue weighted by atomic mass is 31.2. The number of aliphatic hydroxyl groups is 1. The van der Waals surface area contributed by atoms with Crippen molar-refractivity contribution >= 4 is 25.1 Å². The van der Waals surface area contributed by atoms with Crippen molar-refractivity contribution in [3.63, 3.8) is 0 Å². The Morgan fingerprint density at radius 1 is 1.38 bits per heavy atom. The van der Waals surface area contributed by atoms with E-state index in [0.717, 1.165) is 0 Å². The fraction of sp³-hybridized carbons (Fsp3) is 0.391. The highest BCUT2D eigenvalue weighted by Gasteiger charge is 2.62. The topological polar surface area (TPSA) is 181 Å². The molecular weight excluding hydrogens is 505 g/mol. The zero-order valence-corrected chi connectivity index (χ0v) is 20.6. The van der Waals surface area contributed by atoms with Crippen LogP contribution in [0.2, 0.25) is 0 Å². The molecule has 37 heavy (non-hydrogen) atoms. The van der Waals surface area contributed by atoms with Gasteiger partial charge < -0.3 is 20.3 Å². The van der Waals surface area contributed by atoms with Crippen molar-refractivity contribution in [2.75, 3.05) is 18.9 Å². The molecule has 0 amide bonds. The Morgan fingerprint density at radius 3 is 2.97 bits per heavy atom. The van der Waals surface area contributed by atoms with E-state index in [1.54, 1.807) is 30.3 Å². The van der Waals surface area contributed by atoms with Crippen LogP contribution >= 0.6 is 7.82 Å². The van der Waals surface area contributed by atoms with Crippen molar-refractivity contribution in [3.8, 4) is 6.07 Å². The minimum Gasteiger partial charge on any atom is -0.462 e. The molecule has 14 heteroatoms. The van der Waals surface area contributed by atoms with Gasteiger partial charge in [-0.3, -0.25) is 13.6 Å². The zero-order valence-electron chi connectivity index (χ0n) is 19.7. The summed E-state index contributed by atoms with van der Waals surface area (Å²) in [5, 5.41) is 25.4. The third-order valence-corrected chi connectivity index (χ3v) is 7.57. The minimum atomic E-state index is -4.21. The van der Waals surface area contributed by atoms with Gasteiger partial charge in [0, 0.05) is 0 Å². The number of aromatic nitrogens is 3. The van der Waals surface area contributed by atoms with Crippen LogP contribution in [0.15, 0.2) is 42.7 Å². The average Bonchev–Trinajstić information content (AvgIpc) is 3.47. The molecule has 13 nitrogen and oxygen atoms in total. The molecule has 0 aliphatic carbocycles. The summed E-state index contributed by atoms with van der Waals surface area (Å²) in [4.78, 5) is 16.3. The highest BCUT2D eigenvalue weighted by molar-refractivity contribution is 7.48. The predicted molar refractivity (Wildman–Crippen MR) is 126 cm³/mol. The SMILES string of the molecule is CCCOC(=O)c1ccccc1COP1(=O)OC[C@H]2O[C@@](C#N)(c3ccc4c(N)ncnn34)[C@H](O)[C@@H]2O1. The number of nitriles is 1. The maximum atomic E-state index is 13.3. The van der Waals surface area contributed by atoms with Crippen LogP contribution in [0.1, 0.15) is 35.0 Å². The van der Waals surface area contributed by atoms with E-state index in [2.05, 4.69) is 10.1 Å². The number of rotatable bonds is 7. The number of phosphoric acid groups is 1. The number of aliphatic hydroxyl groups excluding tert-OH is 1. The molecule has 1 aromatic carbocycles. The first-order valence-corrected chi connectivity index (χ1v) is 13.0. The summed E-state index contributed by atoms with van der Waals surface area (Å²) in [5.41, 5.74) is 5.25.